The molecule has 1 aromatic heterocycles. The molecule has 1 amide bonds. The Balaban J connectivity index is 1.80. The molecule has 1 aliphatic rings. The number of nitrogens with one attached hydrogen (secondary N) is 2. The molecule has 1 atom stereocenters. The molecule has 21 heavy (non-hydrogen) atoms. The average Bonchev–Trinajstić information content (AvgIpc) is 3.02. The third-order valence-electron chi connectivity index (χ3n) is 4.68. The molecule has 1 saturated heterocycles. The number of amides is 1. The lowest BCUT2D eigenvalue weighted by atomic mass is 9.75. The fourth-order valence-corrected chi connectivity index (χ4v) is 3.17. The van der Waals surface area contributed by atoms with Crippen molar-refractivity contribution >= 4 is 5.91 Å². The third-order valence-corrected chi connectivity index (χ3v) is 4.68. The predicted octanol–water partition coefficient (Wildman–Crippen LogP) is 1.64. The van der Waals surface area contributed by atoms with Crippen molar-refractivity contribution in [1.82, 2.24) is 20.4 Å². The van der Waals surface area contributed by atoms with Crippen LogP contribution in [0.25, 0.3) is 0 Å². The zero-order valence-corrected chi connectivity index (χ0v) is 13.7. The first-order valence-corrected chi connectivity index (χ1v) is 7.96. The molecular formula is C16H28N4O. The van der Waals surface area contributed by atoms with E-state index in [-0.39, 0.29) is 11.3 Å². The van der Waals surface area contributed by atoms with Gasteiger partial charge in [-0.05, 0) is 45.2 Å². The monoisotopic (exact) mass is 292 g/mol. The van der Waals surface area contributed by atoms with E-state index in [9.17, 15) is 4.79 Å². The van der Waals surface area contributed by atoms with E-state index >= 15 is 0 Å². The molecule has 2 heterocycles. The molecule has 1 aliphatic heterocycles. The van der Waals surface area contributed by atoms with Gasteiger partial charge in [0.1, 0.15) is 0 Å². The molecule has 1 unspecified atom stereocenters. The summed E-state index contributed by atoms with van der Waals surface area (Å²) < 4.78 is 2.01. The Hall–Kier alpha value is -1.36. The minimum absolute atomic E-state index is 0.205. The molecule has 5 nitrogen and oxygen atoms in total. The van der Waals surface area contributed by atoms with Crippen LogP contribution in [-0.4, -0.2) is 35.3 Å². The number of carbonyl (C=O) groups is 1. The van der Waals surface area contributed by atoms with Crippen molar-refractivity contribution in [1.29, 1.82) is 0 Å². The van der Waals surface area contributed by atoms with Crippen molar-refractivity contribution in [2.24, 2.45) is 11.3 Å². The number of nitrogens with zero attached hydrogens (tertiary/aromatic N) is 2. The zero-order valence-electron chi connectivity index (χ0n) is 13.7. The quantitative estimate of drug-likeness (QED) is 0.784. The second-order valence-electron chi connectivity index (χ2n) is 6.50. The minimum Gasteiger partial charge on any atom is -0.356 e. The van der Waals surface area contributed by atoms with Gasteiger partial charge in [-0.3, -0.25) is 9.48 Å². The van der Waals surface area contributed by atoms with Gasteiger partial charge in [-0.15, -0.1) is 0 Å². The highest BCUT2D eigenvalue weighted by molar-refractivity contribution is 5.83. The van der Waals surface area contributed by atoms with Gasteiger partial charge in [-0.1, -0.05) is 13.8 Å². The molecule has 0 saturated carbocycles. The van der Waals surface area contributed by atoms with Gasteiger partial charge in [0, 0.05) is 25.3 Å². The lowest BCUT2D eigenvalue weighted by Gasteiger charge is -2.31. The number of aryl methyl sites for hydroxylation is 3. The van der Waals surface area contributed by atoms with Crippen LogP contribution in [0, 0.1) is 25.2 Å². The van der Waals surface area contributed by atoms with Crippen LogP contribution in [-0.2, 0) is 11.3 Å². The van der Waals surface area contributed by atoms with E-state index in [0.717, 1.165) is 38.2 Å². The predicted molar refractivity (Wildman–Crippen MR) is 84.1 cm³/mol. The highest BCUT2D eigenvalue weighted by atomic mass is 16.2. The molecule has 0 aliphatic carbocycles. The fraction of sp³-hybridized carbons (Fsp3) is 0.750. The molecule has 0 spiro atoms. The van der Waals surface area contributed by atoms with Crippen LogP contribution in [0.5, 0.6) is 0 Å². The first-order chi connectivity index (χ1) is 9.95. The summed E-state index contributed by atoms with van der Waals surface area (Å²) in [5.41, 5.74) is 2.00. The Morgan fingerprint density at radius 1 is 1.52 bits per heavy atom. The summed E-state index contributed by atoms with van der Waals surface area (Å²) in [5.74, 6) is 0.569. The van der Waals surface area contributed by atoms with Crippen LogP contribution < -0.4 is 10.6 Å². The van der Waals surface area contributed by atoms with Crippen LogP contribution in [0.15, 0.2) is 6.07 Å². The topological polar surface area (TPSA) is 59.0 Å². The molecular weight excluding hydrogens is 264 g/mol. The van der Waals surface area contributed by atoms with Crippen LogP contribution in [0.3, 0.4) is 0 Å². The van der Waals surface area contributed by atoms with E-state index < -0.39 is 0 Å². The summed E-state index contributed by atoms with van der Waals surface area (Å²) in [5, 5.41) is 10.9. The van der Waals surface area contributed by atoms with E-state index in [1.807, 2.05) is 11.6 Å². The smallest absolute Gasteiger partial charge is 0.227 e. The molecule has 118 valence electrons. The largest absolute Gasteiger partial charge is 0.356 e. The second-order valence-corrected chi connectivity index (χ2v) is 6.50. The van der Waals surface area contributed by atoms with Crippen molar-refractivity contribution in [3.05, 3.63) is 17.5 Å². The van der Waals surface area contributed by atoms with Crippen LogP contribution in [0.1, 0.15) is 38.1 Å². The summed E-state index contributed by atoms with van der Waals surface area (Å²) in [6, 6.07) is 2.08. The average molecular weight is 292 g/mol. The number of aromatic nitrogens is 2. The van der Waals surface area contributed by atoms with Gasteiger partial charge in [0.25, 0.3) is 0 Å². The molecule has 2 N–H and O–H groups in total. The molecule has 1 fully saturated rings. The summed E-state index contributed by atoms with van der Waals surface area (Å²) >= 11 is 0. The highest BCUT2D eigenvalue weighted by Gasteiger charge is 2.43. The standard InChI is InChI=1S/C16H28N4O/c1-12(2)16(6-8-17-11-16)15(21)18-7-5-9-20-14(4)10-13(3)19-20/h10,12,17H,5-9,11H2,1-4H3,(H,18,21). The summed E-state index contributed by atoms with van der Waals surface area (Å²) in [6.45, 7) is 11.7. The summed E-state index contributed by atoms with van der Waals surface area (Å²) in [4.78, 5) is 12.5. The molecule has 2 rings (SSSR count). The third kappa shape index (κ3) is 3.46. The maximum absolute atomic E-state index is 12.5. The van der Waals surface area contributed by atoms with Crippen LogP contribution >= 0.6 is 0 Å². The van der Waals surface area contributed by atoms with E-state index in [1.165, 1.54) is 5.69 Å². The molecule has 0 aromatic carbocycles. The van der Waals surface area contributed by atoms with Crippen molar-refractivity contribution in [3.63, 3.8) is 0 Å². The number of hydrogen-bond donors (Lipinski definition) is 2. The normalized spacial score (nSPS) is 22.0. The Kier molecular flexibility index (Phi) is 5.04. The van der Waals surface area contributed by atoms with Crippen molar-refractivity contribution in [2.45, 2.75) is 47.1 Å². The summed E-state index contributed by atoms with van der Waals surface area (Å²) in [6.07, 6.45) is 1.85. The second kappa shape index (κ2) is 6.60. The lowest BCUT2D eigenvalue weighted by Crippen LogP contribution is -2.46. The molecule has 5 heteroatoms. The molecule has 0 radical (unpaired) electrons. The van der Waals surface area contributed by atoms with Crippen molar-refractivity contribution in [2.75, 3.05) is 19.6 Å². The van der Waals surface area contributed by atoms with Crippen molar-refractivity contribution < 1.29 is 4.79 Å². The highest BCUT2D eigenvalue weighted by Crippen LogP contribution is 2.34. The SMILES string of the molecule is Cc1cc(C)n(CCCNC(=O)C2(C(C)C)CCNC2)n1. The lowest BCUT2D eigenvalue weighted by molar-refractivity contribution is -0.132. The zero-order chi connectivity index (χ0) is 15.5. The first-order valence-electron chi connectivity index (χ1n) is 7.96. The van der Waals surface area contributed by atoms with Crippen LogP contribution in [0.4, 0.5) is 0 Å². The van der Waals surface area contributed by atoms with E-state index in [4.69, 9.17) is 0 Å². The molecule has 1 aromatic rings. The number of carbonyl (C=O) groups excluding carboxylic acids is 1. The fourth-order valence-electron chi connectivity index (χ4n) is 3.17. The Morgan fingerprint density at radius 2 is 2.29 bits per heavy atom. The minimum atomic E-state index is -0.224. The Labute approximate surface area is 127 Å². The van der Waals surface area contributed by atoms with Gasteiger partial charge in [0.2, 0.25) is 5.91 Å². The van der Waals surface area contributed by atoms with Gasteiger partial charge in [0.05, 0.1) is 11.1 Å². The number of hydrogen-bond acceptors (Lipinski definition) is 3. The van der Waals surface area contributed by atoms with Gasteiger partial charge in [0.15, 0.2) is 0 Å². The molecule has 0 bridgehead atoms. The first kappa shape index (κ1) is 16.0. The Bertz CT molecular complexity index is 486. The van der Waals surface area contributed by atoms with E-state index in [2.05, 4.69) is 42.6 Å². The summed E-state index contributed by atoms with van der Waals surface area (Å²) in [7, 11) is 0. The van der Waals surface area contributed by atoms with Crippen molar-refractivity contribution in [3.8, 4) is 0 Å². The van der Waals surface area contributed by atoms with Crippen LogP contribution in [0.2, 0.25) is 0 Å². The van der Waals surface area contributed by atoms with E-state index in [0.29, 0.717) is 12.5 Å². The maximum atomic E-state index is 12.5. The maximum Gasteiger partial charge on any atom is 0.227 e. The van der Waals surface area contributed by atoms with Gasteiger partial charge in [-0.25, -0.2) is 0 Å². The van der Waals surface area contributed by atoms with E-state index in [1.54, 1.807) is 0 Å². The van der Waals surface area contributed by atoms with Gasteiger partial charge >= 0.3 is 0 Å². The Morgan fingerprint density at radius 3 is 2.81 bits per heavy atom. The van der Waals surface area contributed by atoms with Gasteiger partial charge in [-0.2, -0.15) is 5.10 Å². The number of rotatable bonds is 6. The van der Waals surface area contributed by atoms with Gasteiger partial charge < -0.3 is 10.6 Å².